The van der Waals surface area contributed by atoms with E-state index in [4.69, 9.17) is 0 Å². The first-order valence-corrected chi connectivity index (χ1v) is 10.3. The van der Waals surface area contributed by atoms with E-state index in [0.29, 0.717) is 24.2 Å². The molecule has 2 aliphatic carbocycles. The monoisotopic (exact) mass is 385 g/mol. The van der Waals surface area contributed by atoms with Gasteiger partial charge in [-0.15, -0.1) is 0 Å². The lowest BCUT2D eigenvalue weighted by Gasteiger charge is -2.34. The molecular formula is C24H35NO3. The van der Waals surface area contributed by atoms with Gasteiger partial charge < -0.3 is 10.4 Å². The van der Waals surface area contributed by atoms with Crippen LogP contribution in [0.4, 0.5) is 0 Å². The van der Waals surface area contributed by atoms with Gasteiger partial charge in [-0.05, 0) is 44.4 Å². The third-order valence-corrected chi connectivity index (χ3v) is 5.53. The number of hydrogen-bond donors (Lipinski definition) is 2. The van der Waals surface area contributed by atoms with Crippen molar-refractivity contribution in [1.29, 1.82) is 0 Å². The molecule has 154 valence electrons. The molecular weight excluding hydrogens is 350 g/mol. The highest BCUT2D eigenvalue weighted by atomic mass is 16.3. The number of aliphatic hydroxyl groups excluding tert-OH is 1. The van der Waals surface area contributed by atoms with Crippen LogP contribution in [0.1, 0.15) is 67.2 Å². The van der Waals surface area contributed by atoms with Crippen molar-refractivity contribution in [3.8, 4) is 0 Å². The molecule has 2 atom stereocenters. The number of allylic oxidation sites excluding steroid dienone is 5. The van der Waals surface area contributed by atoms with Crippen molar-refractivity contribution in [2.24, 2.45) is 17.3 Å². The molecule has 0 bridgehead atoms. The van der Waals surface area contributed by atoms with Gasteiger partial charge in [-0.2, -0.15) is 0 Å². The Morgan fingerprint density at radius 1 is 1.29 bits per heavy atom. The lowest BCUT2D eigenvalue weighted by Crippen LogP contribution is -2.38. The maximum Gasteiger partial charge on any atom is 0.233 e. The minimum atomic E-state index is -0.565. The fraction of sp³-hybridized carbons (Fsp3) is 0.583. The van der Waals surface area contributed by atoms with Gasteiger partial charge in [0, 0.05) is 18.0 Å². The third kappa shape index (κ3) is 4.65. The van der Waals surface area contributed by atoms with Gasteiger partial charge in [0.1, 0.15) is 5.76 Å². The van der Waals surface area contributed by atoms with E-state index in [0.717, 1.165) is 24.8 Å². The second kappa shape index (κ2) is 8.50. The molecule has 0 radical (unpaired) electrons. The summed E-state index contributed by atoms with van der Waals surface area (Å²) >= 11 is 0. The first-order chi connectivity index (χ1) is 13.0. The Bertz CT molecular complexity index is 774. The summed E-state index contributed by atoms with van der Waals surface area (Å²) < 4.78 is 0. The summed E-state index contributed by atoms with van der Waals surface area (Å²) in [6.45, 7) is 16.9. The molecule has 2 rings (SSSR count). The Balaban J connectivity index is 2.61. The Labute approximate surface area is 169 Å². The highest BCUT2D eigenvalue weighted by Gasteiger charge is 2.41. The second-order valence-electron chi connectivity index (χ2n) is 9.47. The lowest BCUT2D eigenvalue weighted by atomic mass is 9.70. The Kier molecular flexibility index (Phi) is 6.74. The van der Waals surface area contributed by atoms with Crippen LogP contribution in [0.2, 0.25) is 0 Å². The summed E-state index contributed by atoms with van der Waals surface area (Å²) in [5, 5.41) is 14.5. The quantitative estimate of drug-likeness (QED) is 0.375. The van der Waals surface area contributed by atoms with Gasteiger partial charge in [-0.25, -0.2) is 0 Å². The van der Waals surface area contributed by atoms with Crippen LogP contribution in [0.15, 0.2) is 46.4 Å². The highest BCUT2D eigenvalue weighted by molar-refractivity contribution is 6.50. The molecule has 0 aromatic heterocycles. The van der Waals surface area contributed by atoms with E-state index in [9.17, 15) is 14.7 Å². The second-order valence-corrected chi connectivity index (χ2v) is 9.47. The minimum Gasteiger partial charge on any atom is -0.505 e. The summed E-state index contributed by atoms with van der Waals surface area (Å²) in [5.74, 6) is -1.36. The maximum atomic E-state index is 13.1. The van der Waals surface area contributed by atoms with E-state index in [1.54, 1.807) is 0 Å². The van der Waals surface area contributed by atoms with Crippen LogP contribution in [0, 0.1) is 17.3 Å². The molecule has 4 nitrogen and oxygen atoms in total. The zero-order valence-corrected chi connectivity index (χ0v) is 18.2. The largest absolute Gasteiger partial charge is 0.505 e. The topological polar surface area (TPSA) is 66.4 Å². The molecule has 2 aliphatic rings. The SMILES string of the molecule is C=C(C)[C@@H]1CCC(C)=C[C@H]1C1=C(O)C(NCC(C)(C)C)=C(CCC)C(=O)C1=O. The smallest absolute Gasteiger partial charge is 0.233 e. The average molecular weight is 386 g/mol. The van der Waals surface area contributed by atoms with Crippen LogP contribution in [-0.2, 0) is 9.59 Å². The lowest BCUT2D eigenvalue weighted by molar-refractivity contribution is -0.133. The predicted octanol–water partition coefficient (Wildman–Crippen LogP) is 5.19. The standard InChI is InChI=1S/C24H35NO3/c1-8-9-17-20(25-13-24(5,6)7)22(27)19(23(28)21(17)26)18-12-15(4)10-11-16(18)14(2)3/h12,16,18,25,27H,2,8-11,13H2,1,3-7H3/t16-,18+/m0/s1. The first kappa shape index (κ1) is 22.2. The van der Waals surface area contributed by atoms with E-state index in [2.05, 4.69) is 32.7 Å². The molecule has 0 aliphatic heterocycles. The number of nitrogens with one attached hydrogen (secondary N) is 1. The molecule has 0 aromatic carbocycles. The first-order valence-electron chi connectivity index (χ1n) is 10.3. The molecule has 0 saturated carbocycles. The van der Waals surface area contributed by atoms with Gasteiger partial charge in [0.15, 0.2) is 0 Å². The van der Waals surface area contributed by atoms with Gasteiger partial charge in [0.05, 0.1) is 11.3 Å². The van der Waals surface area contributed by atoms with Gasteiger partial charge in [0.25, 0.3) is 0 Å². The van der Waals surface area contributed by atoms with Crippen molar-refractivity contribution >= 4 is 11.6 Å². The molecule has 0 heterocycles. The molecule has 4 heteroatoms. The number of carbonyl (C=O) groups is 2. The van der Waals surface area contributed by atoms with Gasteiger partial charge in [-0.3, -0.25) is 9.59 Å². The Morgan fingerprint density at radius 3 is 2.46 bits per heavy atom. The molecule has 28 heavy (non-hydrogen) atoms. The average Bonchev–Trinajstić information content (AvgIpc) is 2.58. The van der Waals surface area contributed by atoms with Gasteiger partial charge >= 0.3 is 0 Å². The Morgan fingerprint density at radius 2 is 1.93 bits per heavy atom. The van der Waals surface area contributed by atoms with Crippen LogP contribution in [0.3, 0.4) is 0 Å². The van der Waals surface area contributed by atoms with E-state index in [1.807, 2.05) is 26.8 Å². The molecule has 0 saturated heterocycles. The van der Waals surface area contributed by atoms with E-state index in [-0.39, 0.29) is 28.6 Å². The van der Waals surface area contributed by atoms with Crippen molar-refractivity contribution in [3.63, 3.8) is 0 Å². The number of aliphatic hydroxyl groups is 1. The normalized spacial score (nSPS) is 23.9. The zero-order chi connectivity index (χ0) is 21.2. The Hall–Kier alpha value is -2.10. The number of hydrogen-bond acceptors (Lipinski definition) is 4. The van der Waals surface area contributed by atoms with Crippen LogP contribution >= 0.6 is 0 Å². The highest BCUT2D eigenvalue weighted by Crippen LogP contribution is 2.41. The van der Waals surface area contributed by atoms with E-state index in [1.165, 1.54) is 5.57 Å². The minimum absolute atomic E-state index is 0.0309. The van der Waals surface area contributed by atoms with Crippen LogP contribution in [0.5, 0.6) is 0 Å². The number of ketones is 2. The number of Topliss-reactive ketones (excluding diaryl/α,β-unsaturated/α-hetero) is 2. The predicted molar refractivity (Wildman–Crippen MR) is 114 cm³/mol. The summed E-state index contributed by atoms with van der Waals surface area (Å²) in [6, 6.07) is 0. The maximum absolute atomic E-state index is 13.1. The molecule has 0 fully saturated rings. The summed E-state index contributed by atoms with van der Waals surface area (Å²) in [6.07, 6.45) is 5.05. The fourth-order valence-electron chi connectivity index (χ4n) is 4.01. The molecule has 0 unspecified atom stereocenters. The number of rotatable bonds is 6. The third-order valence-electron chi connectivity index (χ3n) is 5.53. The van der Waals surface area contributed by atoms with Crippen molar-refractivity contribution < 1.29 is 14.7 Å². The van der Waals surface area contributed by atoms with Crippen molar-refractivity contribution in [2.45, 2.75) is 67.2 Å². The van der Waals surface area contributed by atoms with E-state index >= 15 is 0 Å². The number of carbonyl (C=O) groups excluding carboxylic acids is 2. The molecule has 0 amide bonds. The van der Waals surface area contributed by atoms with E-state index < -0.39 is 11.6 Å². The van der Waals surface area contributed by atoms with Gasteiger partial charge in [0.2, 0.25) is 11.6 Å². The van der Waals surface area contributed by atoms with Crippen molar-refractivity contribution in [3.05, 3.63) is 46.4 Å². The summed E-state index contributed by atoms with van der Waals surface area (Å²) in [5.41, 5.74) is 3.19. The molecule has 2 N–H and O–H groups in total. The van der Waals surface area contributed by atoms with Crippen LogP contribution < -0.4 is 5.32 Å². The van der Waals surface area contributed by atoms with Crippen LogP contribution in [-0.4, -0.2) is 23.2 Å². The summed E-state index contributed by atoms with van der Waals surface area (Å²) in [7, 11) is 0. The molecule has 0 spiro atoms. The molecule has 0 aromatic rings. The summed E-state index contributed by atoms with van der Waals surface area (Å²) in [4.78, 5) is 26.0. The van der Waals surface area contributed by atoms with Gasteiger partial charge in [-0.1, -0.05) is 57.9 Å². The van der Waals surface area contributed by atoms with Crippen molar-refractivity contribution in [1.82, 2.24) is 5.32 Å². The zero-order valence-electron chi connectivity index (χ0n) is 18.2. The van der Waals surface area contributed by atoms with Crippen LogP contribution in [0.25, 0.3) is 0 Å². The van der Waals surface area contributed by atoms with Crippen molar-refractivity contribution in [2.75, 3.05) is 6.54 Å². The fourth-order valence-corrected chi connectivity index (χ4v) is 4.01.